The van der Waals surface area contributed by atoms with E-state index < -0.39 is 0 Å². The van der Waals surface area contributed by atoms with Crippen LogP contribution in [0, 0.1) is 11.3 Å². The molecule has 0 N–H and O–H groups in total. The summed E-state index contributed by atoms with van der Waals surface area (Å²) in [6, 6.07) is 17.8. The van der Waals surface area contributed by atoms with Gasteiger partial charge in [0.25, 0.3) is 0 Å². The van der Waals surface area contributed by atoms with E-state index in [1.54, 1.807) is 0 Å². The van der Waals surface area contributed by atoms with Crippen molar-refractivity contribution in [3.63, 3.8) is 0 Å². The highest BCUT2D eigenvalue weighted by molar-refractivity contribution is 5.79. The maximum Gasteiger partial charge on any atom is 0.0162 e. The van der Waals surface area contributed by atoms with Crippen LogP contribution in [0.3, 0.4) is 0 Å². The zero-order chi connectivity index (χ0) is 16.0. The van der Waals surface area contributed by atoms with Crippen LogP contribution in [0.5, 0.6) is 0 Å². The van der Waals surface area contributed by atoms with Crippen molar-refractivity contribution in [3.05, 3.63) is 96.1 Å². The quantitative estimate of drug-likeness (QED) is 0.640. The van der Waals surface area contributed by atoms with Gasteiger partial charge in [-0.1, -0.05) is 93.3 Å². The molecule has 1 unspecified atom stereocenters. The Labute approximate surface area is 138 Å². The van der Waals surface area contributed by atoms with E-state index in [4.69, 9.17) is 0 Å². The van der Waals surface area contributed by atoms with E-state index in [0.29, 0.717) is 11.8 Å². The van der Waals surface area contributed by atoms with E-state index in [9.17, 15) is 0 Å². The SMILES string of the molecule is C=CC1=CC=CC1C(C)(C)C1c2ccccc2-c2ccccc21. The molecule has 2 aromatic carbocycles. The number of hydrogen-bond donors (Lipinski definition) is 0. The van der Waals surface area contributed by atoms with Crippen LogP contribution in [-0.4, -0.2) is 0 Å². The lowest BCUT2D eigenvalue weighted by molar-refractivity contribution is 0.261. The topological polar surface area (TPSA) is 0 Å². The van der Waals surface area contributed by atoms with Crippen LogP contribution in [0.2, 0.25) is 0 Å². The molecule has 0 nitrogen and oxygen atoms in total. The summed E-state index contributed by atoms with van der Waals surface area (Å²) in [5, 5.41) is 0. The molecule has 0 aliphatic heterocycles. The lowest BCUT2D eigenvalue weighted by Crippen LogP contribution is -2.30. The molecule has 0 saturated heterocycles. The van der Waals surface area contributed by atoms with Gasteiger partial charge in [0, 0.05) is 11.8 Å². The Morgan fingerprint density at radius 3 is 2.04 bits per heavy atom. The van der Waals surface area contributed by atoms with E-state index in [1.165, 1.54) is 27.8 Å². The molecule has 23 heavy (non-hydrogen) atoms. The Morgan fingerprint density at radius 1 is 0.913 bits per heavy atom. The van der Waals surface area contributed by atoms with Crippen molar-refractivity contribution >= 4 is 0 Å². The van der Waals surface area contributed by atoms with Gasteiger partial charge in [0.1, 0.15) is 0 Å². The standard InChI is InChI=1S/C23H22/c1-4-16-10-9-15-21(16)23(2,3)22-19-13-7-5-11-17(19)18-12-6-8-14-20(18)22/h4-15,21-22H,1H2,2-3H3. The third-order valence-corrected chi connectivity index (χ3v) is 5.57. The van der Waals surface area contributed by atoms with E-state index in [1.807, 2.05) is 6.08 Å². The largest absolute Gasteiger partial charge is 0.0988 e. The first-order chi connectivity index (χ1) is 11.1. The minimum Gasteiger partial charge on any atom is -0.0988 e. The predicted molar refractivity (Wildman–Crippen MR) is 98.4 cm³/mol. The van der Waals surface area contributed by atoms with Gasteiger partial charge in [0.05, 0.1) is 0 Å². The van der Waals surface area contributed by atoms with Crippen LogP contribution in [0.1, 0.15) is 30.9 Å². The first kappa shape index (κ1) is 14.3. The Morgan fingerprint density at radius 2 is 1.48 bits per heavy atom. The van der Waals surface area contributed by atoms with Gasteiger partial charge in [-0.15, -0.1) is 0 Å². The average Bonchev–Trinajstić information content (AvgIpc) is 3.18. The van der Waals surface area contributed by atoms with Gasteiger partial charge in [0.15, 0.2) is 0 Å². The number of rotatable bonds is 3. The molecular formula is C23H22. The summed E-state index contributed by atoms with van der Waals surface area (Å²) in [4.78, 5) is 0. The summed E-state index contributed by atoms with van der Waals surface area (Å²) in [6.45, 7) is 8.81. The molecule has 4 rings (SSSR count). The second-order valence-electron chi connectivity index (χ2n) is 7.16. The molecule has 0 fully saturated rings. The zero-order valence-corrected chi connectivity index (χ0v) is 13.8. The van der Waals surface area contributed by atoms with Crippen molar-refractivity contribution in [2.45, 2.75) is 19.8 Å². The molecule has 2 aromatic rings. The van der Waals surface area contributed by atoms with Gasteiger partial charge in [0.2, 0.25) is 0 Å². The molecule has 2 aliphatic rings. The summed E-state index contributed by atoms with van der Waals surface area (Å²) in [7, 11) is 0. The van der Waals surface area contributed by atoms with Gasteiger partial charge in [-0.3, -0.25) is 0 Å². The molecule has 0 spiro atoms. The maximum atomic E-state index is 4.01. The molecule has 0 aromatic heterocycles. The average molecular weight is 298 g/mol. The van der Waals surface area contributed by atoms with Crippen LogP contribution >= 0.6 is 0 Å². The summed E-state index contributed by atoms with van der Waals surface area (Å²) in [6.07, 6.45) is 8.72. The number of fused-ring (bicyclic) bond motifs is 3. The molecular weight excluding hydrogens is 276 g/mol. The van der Waals surface area contributed by atoms with Crippen molar-refractivity contribution in [1.29, 1.82) is 0 Å². The van der Waals surface area contributed by atoms with Crippen molar-refractivity contribution in [2.24, 2.45) is 11.3 Å². The van der Waals surface area contributed by atoms with E-state index in [2.05, 4.69) is 87.2 Å². The third kappa shape index (κ3) is 1.98. The van der Waals surface area contributed by atoms with E-state index in [-0.39, 0.29) is 5.41 Å². The predicted octanol–water partition coefficient (Wildman–Crippen LogP) is 6.12. The zero-order valence-electron chi connectivity index (χ0n) is 13.8. The molecule has 0 radical (unpaired) electrons. The smallest absolute Gasteiger partial charge is 0.0162 e. The van der Waals surface area contributed by atoms with Crippen molar-refractivity contribution in [1.82, 2.24) is 0 Å². The van der Waals surface area contributed by atoms with Crippen LogP contribution in [0.25, 0.3) is 11.1 Å². The Bertz CT molecular complexity index is 787. The maximum absolute atomic E-state index is 4.01. The second-order valence-corrected chi connectivity index (χ2v) is 7.16. The van der Waals surface area contributed by atoms with Gasteiger partial charge in [-0.25, -0.2) is 0 Å². The normalized spacial score (nSPS) is 19.4. The summed E-state index contributed by atoms with van der Waals surface area (Å²) < 4.78 is 0. The minimum atomic E-state index is 0.0930. The van der Waals surface area contributed by atoms with Crippen LogP contribution in [0.4, 0.5) is 0 Å². The van der Waals surface area contributed by atoms with Gasteiger partial charge < -0.3 is 0 Å². The highest BCUT2D eigenvalue weighted by Gasteiger charge is 2.44. The molecule has 0 bridgehead atoms. The van der Waals surface area contributed by atoms with Crippen LogP contribution in [-0.2, 0) is 0 Å². The first-order valence-corrected chi connectivity index (χ1v) is 8.33. The number of allylic oxidation sites excluding steroid dienone is 5. The molecule has 0 heterocycles. The Balaban J connectivity index is 1.90. The monoisotopic (exact) mass is 298 g/mol. The molecule has 0 amide bonds. The Kier molecular flexibility index (Phi) is 3.16. The van der Waals surface area contributed by atoms with Crippen molar-refractivity contribution in [2.75, 3.05) is 0 Å². The third-order valence-electron chi connectivity index (χ3n) is 5.57. The summed E-state index contributed by atoms with van der Waals surface area (Å²) in [5.41, 5.74) is 7.14. The Hall–Kier alpha value is -2.34. The van der Waals surface area contributed by atoms with Gasteiger partial charge in [-0.05, 0) is 33.2 Å². The summed E-state index contributed by atoms with van der Waals surface area (Å²) in [5.74, 6) is 0.815. The highest BCUT2D eigenvalue weighted by Crippen LogP contribution is 2.57. The van der Waals surface area contributed by atoms with Crippen LogP contribution < -0.4 is 0 Å². The highest BCUT2D eigenvalue weighted by atomic mass is 14.5. The fourth-order valence-electron chi connectivity index (χ4n) is 4.50. The minimum absolute atomic E-state index is 0.0930. The van der Waals surface area contributed by atoms with Crippen LogP contribution in [0.15, 0.2) is 85.0 Å². The lowest BCUT2D eigenvalue weighted by atomic mass is 9.64. The fourth-order valence-corrected chi connectivity index (χ4v) is 4.50. The lowest BCUT2D eigenvalue weighted by Gasteiger charge is -2.39. The van der Waals surface area contributed by atoms with E-state index in [0.717, 1.165) is 0 Å². The van der Waals surface area contributed by atoms with Gasteiger partial charge in [-0.2, -0.15) is 0 Å². The molecule has 0 heteroatoms. The fraction of sp³-hybridized carbons (Fsp3) is 0.217. The molecule has 114 valence electrons. The number of benzene rings is 2. The first-order valence-electron chi connectivity index (χ1n) is 8.33. The van der Waals surface area contributed by atoms with Crippen molar-refractivity contribution < 1.29 is 0 Å². The summed E-state index contributed by atoms with van der Waals surface area (Å²) >= 11 is 0. The molecule has 0 saturated carbocycles. The van der Waals surface area contributed by atoms with Crippen molar-refractivity contribution in [3.8, 4) is 11.1 Å². The molecule has 1 atom stereocenters. The molecule has 2 aliphatic carbocycles. The number of hydrogen-bond acceptors (Lipinski definition) is 0. The van der Waals surface area contributed by atoms with Gasteiger partial charge >= 0.3 is 0 Å². The van der Waals surface area contributed by atoms with E-state index >= 15 is 0 Å². The second kappa shape index (κ2) is 5.09.